The molecule has 2 N–H and O–H groups in total. The number of hydrogen-bond donors (Lipinski definition) is 2. The van der Waals surface area contributed by atoms with Crippen LogP contribution in [0.5, 0.6) is 11.6 Å². The van der Waals surface area contributed by atoms with Gasteiger partial charge in [0.1, 0.15) is 23.1 Å². The number of aromatic nitrogens is 3. The summed E-state index contributed by atoms with van der Waals surface area (Å²) in [5, 5.41) is 13.9. The second kappa shape index (κ2) is 10.7. The highest BCUT2D eigenvalue weighted by Gasteiger charge is 2.30. The lowest BCUT2D eigenvalue weighted by Crippen LogP contribution is -2.42. The van der Waals surface area contributed by atoms with Crippen LogP contribution in [-0.4, -0.2) is 33.3 Å². The van der Waals surface area contributed by atoms with E-state index in [1.54, 1.807) is 32.2 Å². The first-order valence-corrected chi connectivity index (χ1v) is 11.9. The molecule has 1 amide bonds. The summed E-state index contributed by atoms with van der Waals surface area (Å²) in [4.78, 5) is 26.6. The van der Waals surface area contributed by atoms with Crippen molar-refractivity contribution >= 4 is 17.4 Å². The minimum absolute atomic E-state index is 0.0437. The number of rotatable bonds is 8. The molecule has 36 heavy (non-hydrogen) atoms. The standard InChI is InChI=1S/C26H25FN4O4S/c1-26(2,31-25(33)35-15-17-7-5-4-6-8-17)24-29-20(21(32)22(30-24)34-3)23-28-14-19(36-23)13-16-9-11-18(27)12-10-16/h4-12,14,32H,13,15H2,1-3H3,(H,31,33). The summed E-state index contributed by atoms with van der Waals surface area (Å²) < 4.78 is 23.8. The fraction of sp³-hybridized carbons (Fsp3) is 0.231. The van der Waals surface area contributed by atoms with E-state index in [4.69, 9.17) is 9.47 Å². The molecule has 0 atom stereocenters. The van der Waals surface area contributed by atoms with Gasteiger partial charge in [-0.2, -0.15) is 4.98 Å². The number of alkyl carbamates (subject to hydrolysis) is 1. The van der Waals surface area contributed by atoms with Crippen LogP contribution in [0.1, 0.15) is 35.7 Å². The maximum absolute atomic E-state index is 13.2. The molecule has 0 aliphatic rings. The Labute approximate surface area is 211 Å². The molecule has 0 fully saturated rings. The maximum atomic E-state index is 13.2. The zero-order valence-corrected chi connectivity index (χ0v) is 20.8. The summed E-state index contributed by atoms with van der Waals surface area (Å²) in [6, 6.07) is 15.6. The Morgan fingerprint density at radius 2 is 1.81 bits per heavy atom. The van der Waals surface area contributed by atoms with Crippen molar-refractivity contribution in [2.45, 2.75) is 32.4 Å². The summed E-state index contributed by atoms with van der Waals surface area (Å²) in [7, 11) is 1.38. The van der Waals surface area contributed by atoms with Crippen LogP contribution in [0.4, 0.5) is 9.18 Å². The number of aromatic hydroxyl groups is 1. The molecule has 186 valence electrons. The molecule has 0 radical (unpaired) electrons. The Kier molecular flexibility index (Phi) is 7.44. The first-order chi connectivity index (χ1) is 17.2. The summed E-state index contributed by atoms with van der Waals surface area (Å²) in [5.41, 5.74) is 0.906. The molecule has 0 bridgehead atoms. The number of carbonyl (C=O) groups excluding carboxylic acids is 1. The molecule has 4 aromatic rings. The van der Waals surface area contributed by atoms with E-state index >= 15 is 0 Å². The number of hydrogen-bond acceptors (Lipinski definition) is 8. The van der Waals surface area contributed by atoms with Gasteiger partial charge in [0.2, 0.25) is 5.75 Å². The van der Waals surface area contributed by atoms with Crippen molar-refractivity contribution in [2.24, 2.45) is 0 Å². The van der Waals surface area contributed by atoms with Crippen LogP contribution >= 0.6 is 11.3 Å². The first kappa shape index (κ1) is 25.1. The van der Waals surface area contributed by atoms with Gasteiger partial charge in [0, 0.05) is 17.5 Å². The second-order valence-corrected chi connectivity index (χ2v) is 9.62. The average Bonchev–Trinajstić information content (AvgIpc) is 3.32. The van der Waals surface area contributed by atoms with Crippen molar-refractivity contribution in [2.75, 3.05) is 7.11 Å². The van der Waals surface area contributed by atoms with Crippen molar-refractivity contribution in [1.82, 2.24) is 20.3 Å². The Balaban J connectivity index is 1.55. The fourth-order valence-corrected chi connectivity index (χ4v) is 4.31. The van der Waals surface area contributed by atoms with Crippen molar-refractivity contribution in [1.29, 1.82) is 0 Å². The zero-order chi connectivity index (χ0) is 25.7. The summed E-state index contributed by atoms with van der Waals surface area (Å²) >= 11 is 1.33. The third kappa shape index (κ3) is 5.95. The highest BCUT2D eigenvalue weighted by Crippen LogP contribution is 2.38. The van der Waals surface area contributed by atoms with E-state index in [1.807, 2.05) is 30.3 Å². The number of amides is 1. The molecule has 2 heterocycles. The Morgan fingerprint density at radius 3 is 2.50 bits per heavy atom. The SMILES string of the molecule is COc1nc(C(C)(C)NC(=O)OCc2ccccc2)nc(-c2ncc(Cc3ccc(F)cc3)s2)c1O. The average molecular weight is 509 g/mol. The van der Waals surface area contributed by atoms with Crippen LogP contribution in [0.2, 0.25) is 0 Å². The molecule has 2 aromatic heterocycles. The number of nitrogens with one attached hydrogen (secondary N) is 1. The van der Waals surface area contributed by atoms with E-state index < -0.39 is 11.6 Å². The maximum Gasteiger partial charge on any atom is 0.408 e. The van der Waals surface area contributed by atoms with Gasteiger partial charge in [-0.05, 0) is 37.1 Å². The monoisotopic (exact) mass is 508 g/mol. The van der Waals surface area contributed by atoms with Crippen LogP contribution in [0.25, 0.3) is 10.7 Å². The summed E-state index contributed by atoms with van der Waals surface area (Å²) in [6.45, 7) is 3.55. The van der Waals surface area contributed by atoms with Crippen molar-refractivity contribution in [3.05, 3.63) is 88.4 Å². The van der Waals surface area contributed by atoms with Gasteiger partial charge >= 0.3 is 6.09 Å². The van der Waals surface area contributed by atoms with Crippen LogP contribution in [0.15, 0.2) is 60.8 Å². The van der Waals surface area contributed by atoms with Crippen LogP contribution in [0, 0.1) is 5.82 Å². The van der Waals surface area contributed by atoms with E-state index in [0.717, 1.165) is 16.0 Å². The van der Waals surface area contributed by atoms with Crippen molar-refractivity contribution < 1.29 is 23.8 Å². The number of carbonyl (C=O) groups is 1. The molecule has 2 aromatic carbocycles. The van der Waals surface area contributed by atoms with Gasteiger partial charge in [-0.3, -0.25) is 0 Å². The molecule has 0 unspecified atom stereocenters. The van der Waals surface area contributed by atoms with E-state index in [-0.39, 0.29) is 35.6 Å². The first-order valence-electron chi connectivity index (χ1n) is 11.1. The molecule has 0 saturated carbocycles. The number of benzene rings is 2. The molecule has 8 nitrogen and oxygen atoms in total. The Morgan fingerprint density at radius 1 is 1.08 bits per heavy atom. The molecular formula is C26H25FN4O4S. The van der Waals surface area contributed by atoms with Crippen LogP contribution in [-0.2, 0) is 23.3 Å². The van der Waals surface area contributed by atoms with E-state index in [9.17, 15) is 14.3 Å². The van der Waals surface area contributed by atoms with Gasteiger partial charge in [0.25, 0.3) is 5.88 Å². The van der Waals surface area contributed by atoms with E-state index in [1.165, 1.54) is 30.6 Å². The van der Waals surface area contributed by atoms with Crippen LogP contribution < -0.4 is 10.1 Å². The summed E-state index contributed by atoms with van der Waals surface area (Å²) in [6.07, 6.45) is 1.59. The third-order valence-corrected chi connectivity index (χ3v) is 6.28. The summed E-state index contributed by atoms with van der Waals surface area (Å²) in [5.74, 6) is -0.391. The molecular weight excluding hydrogens is 483 g/mol. The lowest BCUT2D eigenvalue weighted by Gasteiger charge is -2.25. The third-order valence-electron chi connectivity index (χ3n) is 5.28. The smallest absolute Gasteiger partial charge is 0.408 e. The van der Waals surface area contributed by atoms with Gasteiger partial charge in [0.05, 0.1) is 12.6 Å². The molecule has 10 heteroatoms. The van der Waals surface area contributed by atoms with Gasteiger partial charge in [-0.15, -0.1) is 11.3 Å². The number of thiazole rings is 1. The Bertz CT molecular complexity index is 1340. The normalized spacial score (nSPS) is 11.2. The fourth-order valence-electron chi connectivity index (χ4n) is 3.38. The predicted octanol–water partition coefficient (Wildman–Crippen LogP) is 5.21. The lowest BCUT2D eigenvalue weighted by atomic mass is 10.0. The van der Waals surface area contributed by atoms with E-state index in [0.29, 0.717) is 11.4 Å². The number of halogens is 1. The molecule has 0 aliphatic carbocycles. The van der Waals surface area contributed by atoms with E-state index in [2.05, 4.69) is 20.3 Å². The molecule has 0 saturated heterocycles. The Hall–Kier alpha value is -4.05. The zero-order valence-electron chi connectivity index (χ0n) is 20.0. The largest absolute Gasteiger partial charge is 0.502 e. The van der Waals surface area contributed by atoms with Gasteiger partial charge in [-0.25, -0.2) is 19.2 Å². The number of nitrogens with zero attached hydrogens (tertiary/aromatic N) is 3. The highest BCUT2D eigenvalue weighted by atomic mass is 32.1. The van der Waals surface area contributed by atoms with Crippen molar-refractivity contribution in [3.8, 4) is 22.3 Å². The van der Waals surface area contributed by atoms with Crippen molar-refractivity contribution in [3.63, 3.8) is 0 Å². The number of methoxy groups -OCH3 is 1. The molecule has 4 rings (SSSR count). The minimum Gasteiger partial charge on any atom is -0.502 e. The minimum atomic E-state index is -1.06. The van der Waals surface area contributed by atoms with Gasteiger partial charge in [-0.1, -0.05) is 42.5 Å². The topological polar surface area (TPSA) is 106 Å². The molecule has 0 aliphatic heterocycles. The predicted molar refractivity (Wildman–Crippen MR) is 133 cm³/mol. The van der Waals surface area contributed by atoms with Gasteiger partial charge < -0.3 is 19.9 Å². The van der Waals surface area contributed by atoms with Crippen LogP contribution in [0.3, 0.4) is 0 Å². The molecule has 0 spiro atoms. The quantitative estimate of drug-likeness (QED) is 0.337. The van der Waals surface area contributed by atoms with Gasteiger partial charge in [0.15, 0.2) is 5.82 Å². The lowest BCUT2D eigenvalue weighted by molar-refractivity contribution is 0.128. The number of ether oxygens (including phenoxy) is 2. The highest BCUT2D eigenvalue weighted by molar-refractivity contribution is 7.15. The second-order valence-electron chi connectivity index (χ2n) is 8.50.